The molecule has 0 amide bonds. The molecule has 0 aromatic rings. The van der Waals surface area contributed by atoms with E-state index in [4.69, 9.17) is 5.73 Å². The summed E-state index contributed by atoms with van der Waals surface area (Å²) >= 11 is 0. The third-order valence-electron chi connectivity index (χ3n) is 3.41. The summed E-state index contributed by atoms with van der Waals surface area (Å²) in [5.41, 5.74) is 5.64. The standard InChI is InChI=1S/C12H27N3O2S/c1-2-3-8-12(11-13)14-18(16,17)15-9-6-4-5-7-10-15/h12,14H,2-11,13H2,1H3/t12-/m0/s1. The Labute approximate surface area is 111 Å². The third kappa shape index (κ3) is 5.22. The molecular formula is C12H27N3O2S. The number of nitrogens with one attached hydrogen (secondary N) is 1. The van der Waals surface area contributed by atoms with Crippen LogP contribution >= 0.6 is 0 Å². The topological polar surface area (TPSA) is 75.4 Å². The van der Waals surface area contributed by atoms with E-state index >= 15 is 0 Å². The second-order valence-electron chi connectivity index (χ2n) is 5.01. The van der Waals surface area contributed by atoms with Gasteiger partial charge in [0.1, 0.15) is 0 Å². The van der Waals surface area contributed by atoms with Crippen LogP contribution in [0.2, 0.25) is 0 Å². The number of nitrogens with zero attached hydrogens (tertiary/aromatic N) is 1. The van der Waals surface area contributed by atoms with Crippen LogP contribution in [0.5, 0.6) is 0 Å². The molecule has 1 fully saturated rings. The molecule has 1 aliphatic rings. The van der Waals surface area contributed by atoms with E-state index in [-0.39, 0.29) is 6.04 Å². The Hall–Kier alpha value is -0.170. The normalized spacial score (nSPS) is 20.6. The third-order valence-corrected chi connectivity index (χ3v) is 5.09. The average molecular weight is 277 g/mol. The fourth-order valence-electron chi connectivity index (χ4n) is 2.24. The predicted molar refractivity (Wildman–Crippen MR) is 74.5 cm³/mol. The zero-order valence-corrected chi connectivity index (χ0v) is 12.2. The van der Waals surface area contributed by atoms with Gasteiger partial charge in [0.15, 0.2) is 0 Å². The Morgan fingerprint density at radius 2 is 1.83 bits per heavy atom. The molecule has 1 rings (SSSR count). The minimum atomic E-state index is -3.35. The van der Waals surface area contributed by atoms with Gasteiger partial charge in [-0.25, -0.2) is 0 Å². The van der Waals surface area contributed by atoms with Gasteiger partial charge in [0.05, 0.1) is 0 Å². The van der Waals surface area contributed by atoms with Crippen molar-refractivity contribution < 1.29 is 8.42 Å². The fraction of sp³-hybridized carbons (Fsp3) is 1.00. The predicted octanol–water partition coefficient (Wildman–Crippen LogP) is 1.21. The van der Waals surface area contributed by atoms with E-state index in [9.17, 15) is 8.42 Å². The molecule has 0 bridgehead atoms. The molecule has 108 valence electrons. The van der Waals surface area contributed by atoms with Gasteiger partial charge in [-0.05, 0) is 19.3 Å². The minimum Gasteiger partial charge on any atom is -0.329 e. The van der Waals surface area contributed by atoms with Gasteiger partial charge in [0, 0.05) is 25.7 Å². The first kappa shape index (κ1) is 15.9. The van der Waals surface area contributed by atoms with Gasteiger partial charge >= 0.3 is 0 Å². The molecule has 6 heteroatoms. The molecule has 0 aromatic heterocycles. The zero-order chi connectivity index (χ0) is 13.4. The van der Waals surface area contributed by atoms with Gasteiger partial charge in [0.2, 0.25) is 0 Å². The molecule has 1 atom stereocenters. The molecule has 5 nitrogen and oxygen atoms in total. The van der Waals surface area contributed by atoms with Crippen LogP contribution in [0.25, 0.3) is 0 Å². The Balaban J connectivity index is 2.55. The van der Waals surface area contributed by atoms with Gasteiger partial charge in [-0.1, -0.05) is 32.6 Å². The second kappa shape index (κ2) is 8.09. The van der Waals surface area contributed by atoms with Crippen molar-refractivity contribution in [3.8, 4) is 0 Å². The highest BCUT2D eigenvalue weighted by Gasteiger charge is 2.25. The van der Waals surface area contributed by atoms with E-state index in [0.29, 0.717) is 19.6 Å². The number of hydrogen-bond donors (Lipinski definition) is 2. The Bertz CT molecular complexity index is 311. The highest BCUT2D eigenvalue weighted by Crippen LogP contribution is 2.13. The van der Waals surface area contributed by atoms with Gasteiger partial charge in [-0.3, -0.25) is 0 Å². The molecule has 18 heavy (non-hydrogen) atoms. The summed E-state index contributed by atoms with van der Waals surface area (Å²) in [5.74, 6) is 0. The first-order chi connectivity index (χ1) is 8.60. The minimum absolute atomic E-state index is 0.127. The first-order valence-corrected chi connectivity index (χ1v) is 8.51. The van der Waals surface area contributed by atoms with Crippen molar-refractivity contribution >= 4 is 10.2 Å². The van der Waals surface area contributed by atoms with Gasteiger partial charge < -0.3 is 5.73 Å². The van der Waals surface area contributed by atoms with E-state index in [1.54, 1.807) is 4.31 Å². The molecular weight excluding hydrogens is 250 g/mol. The smallest absolute Gasteiger partial charge is 0.279 e. The molecule has 3 N–H and O–H groups in total. The molecule has 0 aliphatic carbocycles. The van der Waals surface area contributed by atoms with Crippen molar-refractivity contribution in [2.24, 2.45) is 5.73 Å². The maximum atomic E-state index is 12.2. The van der Waals surface area contributed by atoms with E-state index in [2.05, 4.69) is 11.6 Å². The molecule has 0 aromatic carbocycles. The van der Waals surface area contributed by atoms with Crippen molar-refractivity contribution in [1.29, 1.82) is 0 Å². The molecule has 0 saturated carbocycles. The lowest BCUT2D eigenvalue weighted by Gasteiger charge is -2.24. The summed E-state index contributed by atoms with van der Waals surface area (Å²) in [6.07, 6.45) is 7.06. The molecule has 0 radical (unpaired) electrons. The Kier molecular flexibility index (Phi) is 7.14. The van der Waals surface area contributed by atoms with Crippen LogP contribution in [0, 0.1) is 0 Å². The van der Waals surface area contributed by atoms with E-state index in [1.807, 2.05) is 0 Å². The van der Waals surface area contributed by atoms with Crippen molar-refractivity contribution in [1.82, 2.24) is 9.03 Å². The van der Waals surface area contributed by atoms with E-state index in [0.717, 1.165) is 44.9 Å². The number of hydrogen-bond acceptors (Lipinski definition) is 3. The highest BCUT2D eigenvalue weighted by atomic mass is 32.2. The zero-order valence-electron chi connectivity index (χ0n) is 11.4. The summed E-state index contributed by atoms with van der Waals surface area (Å²) < 4.78 is 28.8. The molecule has 1 saturated heterocycles. The van der Waals surface area contributed by atoms with Crippen LogP contribution in [0.3, 0.4) is 0 Å². The lowest BCUT2D eigenvalue weighted by Crippen LogP contribution is -2.48. The van der Waals surface area contributed by atoms with E-state index in [1.165, 1.54) is 0 Å². The lowest BCUT2D eigenvalue weighted by molar-refractivity contribution is 0.403. The summed E-state index contributed by atoms with van der Waals surface area (Å²) in [5, 5.41) is 0. The summed E-state index contributed by atoms with van der Waals surface area (Å²) in [6, 6.07) is -0.127. The van der Waals surface area contributed by atoms with Crippen LogP contribution in [-0.2, 0) is 10.2 Å². The SMILES string of the molecule is CCCC[C@@H](CN)NS(=O)(=O)N1CCCCCC1. The number of unbranched alkanes of at least 4 members (excludes halogenated alkanes) is 1. The Morgan fingerprint density at radius 1 is 1.22 bits per heavy atom. The summed E-state index contributed by atoms with van der Waals surface area (Å²) in [4.78, 5) is 0. The van der Waals surface area contributed by atoms with Crippen molar-refractivity contribution in [3.63, 3.8) is 0 Å². The summed E-state index contributed by atoms with van der Waals surface area (Å²) in [6.45, 7) is 3.74. The van der Waals surface area contributed by atoms with Gasteiger partial charge in [-0.2, -0.15) is 17.4 Å². The van der Waals surface area contributed by atoms with Crippen molar-refractivity contribution in [2.75, 3.05) is 19.6 Å². The fourth-order valence-corrected chi connectivity index (χ4v) is 3.77. The lowest BCUT2D eigenvalue weighted by atomic mass is 10.1. The van der Waals surface area contributed by atoms with Crippen LogP contribution in [-0.4, -0.2) is 38.4 Å². The van der Waals surface area contributed by atoms with Crippen molar-refractivity contribution in [2.45, 2.75) is 57.9 Å². The summed E-state index contributed by atoms with van der Waals surface area (Å²) in [7, 11) is -3.35. The largest absolute Gasteiger partial charge is 0.329 e. The van der Waals surface area contributed by atoms with E-state index < -0.39 is 10.2 Å². The first-order valence-electron chi connectivity index (χ1n) is 7.07. The highest BCUT2D eigenvalue weighted by molar-refractivity contribution is 7.87. The molecule has 0 unspecified atom stereocenters. The van der Waals surface area contributed by atoms with Crippen LogP contribution in [0.15, 0.2) is 0 Å². The second-order valence-corrected chi connectivity index (χ2v) is 6.71. The van der Waals surface area contributed by atoms with Crippen LogP contribution in [0.4, 0.5) is 0 Å². The van der Waals surface area contributed by atoms with Gasteiger partial charge in [-0.15, -0.1) is 0 Å². The monoisotopic (exact) mass is 277 g/mol. The maximum absolute atomic E-state index is 12.2. The van der Waals surface area contributed by atoms with Crippen molar-refractivity contribution in [3.05, 3.63) is 0 Å². The Morgan fingerprint density at radius 3 is 2.33 bits per heavy atom. The molecule has 1 aliphatic heterocycles. The average Bonchev–Trinajstić information content (AvgIpc) is 2.63. The van der Waals surface area contributed by atoms with Crippen LogP contribution < -0.4 is 10.5 Å². The molecule has 1 heterocycles. The molecule has 0 spiro atoms. The van der Waals surface area contributed by atoms with Crippen LogP contribution in [0.1, 0.15) is 51.9 Å². The van der Waals surface area contributed by atoms with Gasteiger partial charge in [0.25, 0.3) is 10.2 Å². The maximum Gasteiger partial charge on any atom is 0.279 e. The number of nitrogens with two attached hydrogens (primary N) is 1. The quantitative estimate of drug-likeness (QED) is 0.734. The number of rotatable bonds is 7.